The van der Waals surface area contributed by atoms with Gasteiger partial charge in [-0.25, -0.2) is 4.79 Å². The van der Waals surface area contributed by atoms with Crippen molar-refractivity contribution in [3.05, 3.63) is 35.9 Å². The molecule has 3 N–H and O–H groups in total. The van der Waals surface area contributed by atoms with Crippen LogP contribution < -0.4 is 10.6 Å². The summed E-state index contributed by atoms with van der Waals surface area (Å²) in [4.78, 5) is 49.7. The molecule has 0 aromatic heterocycles. The minimum absolute atomic E-state index is 0.372. The molecule has 0 bridgehead atoms. The Kier molecular flexibility index (Phi) is 4.90. The van der Waals surface area contributed by atoms with Gasteiger partial charge >= 0.3 is 5.97 Å². The second-order valence-corrected chi connectivity index (χ2v) is 8.90. The molecule has 8 nitrogen and oxygen atoms in total. The quantitative estimate of drug-likeness (QED) is 0.630. The maximum atomic E-state index is 12.8. The van der Waals surface area contributed by atoms with E-state index in [4.69, 9.17) is 0 Å². The first-order valence-corrected chi connectivity index (χ1v) is 9.36. The molecular formula is C18H21N3O5S. The number of thioether (sulfide) groups is 1. The van der Waals surface area contributed by atoms with Crippen LogP contribution in [0.15, 0.2) is 30.3 Å². The summed E-state index contributed by atoms with van der Waals surface area (Å²) in [6, 6.07) is 6.04. The summed E-state index contributed by atoms with van der Waals surface area (Å²) in [5.41, 5.74) is 0.594. The second-order valence-electron chi connectivity index (χ2n) is 7.13. The van der Waals surface area contributed by atoms with Crippen molar-refractivity contribution in [3.63, 3.8) is 0 Å². The monoisotopic (exact) mass is 391 g/mol. The number of hydrogen-bond donors (Lipinski definition) is 3. The van der Waals surface area contributed by atoms with Gasteiger partial charge in [0.1, 0.15) is 23.5 Å². The zero-order chi connectivity index (χ0) is 19.9. The van der Waals surface area contributed by atoms with Crippen molar-refractivity contribution in [2.75, 3.05) is 0 Å². The SMILES string of the molecule is CC(=O)NC(C(=O)N[C@@H]1C(=O)N2[C@@H]1SC(C)(C)[C@@H]2C(=O)O)c1ccccc1. The van der Waals surface area contributed by atoms with E-state index in [2.05, 4.69) is 10.6 Å². The molecule has 1 aromatic rings. The highest BCUT2D eigenvalue weighted by Crippen LogP contribution is 2.50. The van der Waals surface area contributed by atoms with Crippen LogP contribution in [0.25, 0.3) is 0 Å². The van der Waals surface area contributed by atoms with Gasteiger partial charge in [0.05, 0.1) is 0 Å². The molecule has 2 saturated heterocycles. The molecule has 4 atom stereocenters. The van der Waals surface area contributed by atoms with Crippen LogP contribution in [0.3, 0.4) is 0 Å². The zero-order valence-corrected chi connectivity index (χ0v) is 15.9. The van der Waals surface area contributed by atoms with Crippen LogP contribution in [0.2, 0.25) is 0 Å². The number of β-lactam (4-membered cyclic amide) rings is 1. The van der Waals surface area contributed by atoms with Crippen LogP contribution in [-0.4, -0.2) is 55.9 Å². The lowest BCUT2D eigenvalue weighted by atomic mass is 9.95. The van der Waals surface area contributed by atoms with Crippen molar-refractivity contribution in [1.82, 2.24) is 15.5 Å². The summed E-state index contributed by atoms with van der Waals surface area (Å²) in [6.07, 6.45) is 0. The molecule has 27 heavy (non-hydrogen) atoms. The predicted octanol–water partition coefficient (Wildman–Crippen LogP) is 0.496. The van der Waals surface area contributed by atoms with Crippen molar-refractivity contribution in [2.24, 2.45) is 0 Å². The van der Waals surface area contributed by atoms with Crippen molar-refractivity contribution in [1.29, 1.82) is 0 Å². The molecule has 2 fully saturated rings. The Balaban J connectivity index is 1.77. The number of carboxylic acids is 1. The fraction of sp³-hybridized carbons (Fsp3) is 0.444. The van der Waals surface area contributed by atoms with Gasteiger partial charge in [-0.2, -0.15) is 0 Å². The molecule has 3 rings (SSSR count). The number of nitrogens with zero attached hydrogens (tertiary/aromatic N) is 1. The molecule has 9 heteroatoms. The highest BCUT2D eigenvalue weighted by molar-refractivity contribution is 8.01. The molecule has 144 valence electrons. The van der Waals surface area contributed by atoms with E-state index in [0.717, 1.165) is 0 Å². The molecule has 0 radical (unpaired) electrons. The van der Waals surface area contributed by atoms with E-state index in [1.165, 1.54) is 23.6 Å². The number of carboxylic acid groups (broad SMARTS) is 1. The van der Waals surface area contributed by atoms with Crippen molar-refractivity contribution in [3.8, 4) is 0 Å². The fourth-order valence-electron chi connectivity index (χ4n) is 3.53. The van der Waals surface area contributed by atoms with Crippen LogP contribution in [0.4, 0.5) is 0 Å². The number of nitrogens with one attached hydrogen (secondary N) is 2. The van der Waals surface area contributed by atoms with Gasteiger partial charge in [0, 0.05) is 11.7 Å². The number of rotatable bonds is 5. The summed E-state index contributed by atoms with van der Waals surface area (Å²) >= 11 is 1.35. The molecular weight excluding hydrogens is 370 g/mol. The number of benzene rings is 1. The van der Waals surface area contributed by atoms with Crippen molar-refractivity contribution in [2.45, 2.75) is 49.0 Å². The number of carbonyl (C=O) groups excluding carboxylic acids is 3. The molecule has 2 aliphatic rings. The van der Waals surface area contributed by atoms with E-state index in [9.17, 15) is 24.3 Å². The Bertz CT molecular complexity index is 797. The molecule has 1 unspecified atom stereocenters. The summed E-state index contributed by atoms with van der Waals surface area (Å²) in [7, 11) is 0. The minimum Gasteiger partial charge on any atom is -0.480 e. The van der Waals surface area contributed by atoms with E-state index >= 15 is 0 Å². The molecule has 0 aliphatic carbocycles. The number of aliphatic carboxylic acids is 1. The van der Waals surface area contributed by atoms with Gasteiger partial charge < -0.3 is 20.6 Å². The smallest absolute Gasteiger partial charge is 0.327 e. The van der Waals surface area contributed by atoms with Gasteiger partial charge in [-0.05, 0) is 19.4 Å². The van der Waals surface area contributed by atoms with Crippen LogP contribution in [-0.2, 0) is 19.2 Å². The first-order valence-electron chi connectivity index (χ1n) is 8.48. The third-order valence-electron chi connectivity index (χ3n) is 4.72. The Hall–Kier alpha value is -2.55. The van der Waals surface area contributed by atoms with Gasteiger partial charge in [-0.15, -0.1) is 11.8 Å². The van der Waals surface area contributed by atoms with Gasteiger partial charge in [-0.1, -0.05) is 30.3 Å². The summed E-state index contributed by atoms with van der Waals surface area (Å²) < 4.78 is -0.665. The number of hydrogen-bond acceptors (Lipinski definition) is 5. The maximum Gasteiger partial charge on any atom is 0.327 e. The molecule has 0 spiro atoms. The molecule has 0 saturated carbocycles. The van der Waals surface area contributed by atoms with Crippen molar-refractivity contribution < 1.29 is 24.3 Å². The normalized spacial score (nSPS) is 26.6. The largest absolute Gasteiger partial charge is 0.480 e. The summed E-state index contributed by atoms with van der Waals surface area (Å²) in [6.45, 7) is 4.85. The molecule has 1 aromatic carbocycles. The predicted molar refractivity (Wildman–Crippen MR) is 98.7 cm³/mol. The number of fused-ring (bicyclic) bond motifs is 1. The first-order chi connectivity index (χ1) is 12.6. The average molecular weight is 391 g/mol. The Morgan fingerprint density at radius 2 is 1.85 bits per heavy atom. The minimum atomic E-state index is -1.06. The maximum absolute atomic E-state index is 12.8. The number of amides is 3. The van der Waals surface area contributed by atoms with Gasteiger partial charge in [0.25, 0.3) is 0 Å². The highest BCUT2D eigenvalue weighted by atomic mass is 32.2. The topological polar surface area (TPSA) is 116 Å². The summed E-state index contributed by atoms with van der Waals surface area (Å²) in [5, 5.41) is 14.3. The summed E-state index contributed by atoms with van der Waals surface area (Å²) in [5.74, 6) is -2.36. The van der Waals surface area contributed by atoms with E-state index in [0.29, 0.717) is 5.56 Å². The van der Waals surface area contributed by atoms with E-state index in [1.807, 2.05) is 0 Å². The number of carbonyl (C=O) groups is 4. The molecule has 2 aliphatic heterocycles. The lowest BCUT2D eigenvalue weighted by Crippen LogP contribution is -2.71. The van der Waals surface area contributed by atoms with Crippen LogP contribution in [0.1, 0.15) is 32.4 Å². The Morgan fingerprint density at radius 1 is 1.22 bits per heavy atom. The van der Waals surface area contributed by atoms with E-state index in [1.54, 1.807) is 44.2 Å². The Morgan fingerprint density at radius 3 is 2.41 bits per heavy atom. The molecule has 3 amide bonds. The van der Waals surface area contributed by atoms with E-state index in [-0.39, 0.29) is 5.91 Å². The van der Waals surface area contributed by atoms with Crippen LogP contribution >= 0.6 is 11.8 Å². The Labute approximate surface area is 160 Å². The zero-order valence-electron chi connectivity index (χ0n) is 15.1. The van der Waals surface area contributed by atoms with Gasteiger partial charge in [0.15, 0.2) is 0 Å². The fourth-order valence-corrected chi connectivity index (χ4v) is 5.16. The molecule has 2 heterocycles. The van der Waals surface area contributed by atoms with Crippen LogP contribution in [0.5, 0.6) is 0 Å². The van der Waals surface area contributed by atoms with Crippen molar-refractivity contribution >= 4 is 35.5 Å². The van der Waals surface area contributed by atoms with E-state index < -0.39 is 46.0 Å². The lowest BCUT2D eigenvalue weighted by Gasteiger charge is -2.44. The third-order valence-corrected chi connectivity index (χ3v) is 6.29. The standard InChI is InChI=1S/C18H21N3O5S/c1-9(22)19-11(10-7-5-4-6-8-10)14(23)20-12-15(24)21-13(17(25)26)18(2,3)27-16(12)21/h4-8,11-13,16H,1-3H3,(H,19,22)(H,20,23)(H,25,26)/t11?,12-,13+,16-/m1/s1. The van der Waals surface area contributed by atoms with Gasteiger partial charge in [0.2, 0.25) is 17.7 Å². The second kappa shape index (κ2) is 6.88. The third kappa shape index (κ3) is 3.39. The lowest BCUT2D eigenvalue weighted by molar-refractivity contribution is -0.161. The first kappa shape index (κ1) is 19.2. The average Bonchev–Trinajstić information content (AvgIpc) is 2.86. The highest BCUT2D eigenvalue weighted by Gasteiger charge is 2.64. The van der Waals surface area contributed by atoms with Crippen LogP contribution in [0, 0.1) is 0 Å². The van der Waals surface area contributed by atoms with Gasteiger partial charge in [-0.3, -0.25) is 14.4 Å².